The molecule has 0 aliphatic heterocycles. The van der Waals surface area contributed by atoms with Crippen molar-refractivity contribution >= 4 is 10.4 Å². The Morgan fingerprint density at radius 2 is 1.74 bits per heavy atom. The predicted molar refractivity (Wildman–Crippen MR) is 132 cm³/mol. The van der Waals surface area contributed by atoms with Gasteiger partial charge in [0.2, 0.25) is 0 Å². The van der Waals surface area contributed by atoms with Crippen LogP contribution < -0.4 is 13.7 Å². The first-order chi connectivity index (χ1) is 16.5. The van der Waals surface area contributed by atoms with Crippen molar-refractivity contribution in [2.45, 2.75) is 38.5 Å². The zero-order valence-corrected chi connectivity index (χ0v) is 21.6. The van der Waals surface area contributed by atoms with E-state index >= 15 is 0 Å². The van der Waals surface area contributed by atoms with E-state index in [4.69, 9.17) is 14.0 Å². The number of benzene rings is 2. The molecule has 0 bridgehead atoms. The first kappa shape index (κ1) is 28.2. The van der Waals surface area contributed by atoms with E-state index in [1.54, 1.807) is 18.2 Å². The number of nitriles is 1. The molecule has 2 N–H and O–H groups in total. The van der Waals surface area contributed by atoms with Gasteiger partial charge in [-0.3, -0.25) is 4.55 Å². The Balaban J connectivity index is 2.09. The summed E-state index contributed by atoms with van der Waals surface area (Å²) in [6.07, 6.45) is 2.13. The molecule has 0 fully saturated rings. The molecule has 192 valence electrons. The van der Waals surface area contributed by atoms with E-state index < -0.39 is 15.8 Å². The fourth-order valence-electron chi connectivity index (χ4n) is 4.08. The fourth-order valence-corrected chi connectivity index (χ4v) is 4.44. The average molecular weight is 507 g/mol. The number of likely N-dealkylation sites (N-methyl/N-ethyl adjacent to an activating group) is 1. The van der Waals surface area contributed by atoms with E-state index in [1.807, 2.05) is 33.0 Å². The molecule has 0 heterocycles. The highest BCUT2D eigenvalue weighted by Crippen LogP contribution is 2.40. The maximum atomic E-state index is 11.1. The third kappa shape index (κ3) is 7.49. The first-order valence-electron chi connectivity index (χ1n) is 11.3. The zero-order valence-electron chi connectivity index (χ0n) is 20.8. The lowest BCUT2D eigenvalue weighted by Gasteiger charge is -2.32. The van der Waals surface area contributed by atoms with Gasteiger partial charge in [0.25, 0.3) is 0 Å². The van der Waals surface area contributed by atoms with Gasteiger partial charge in [-0.2, -0.15) is 13.7 Å². The largest absolute Gasteiger partial charge is 0.504 e. The summed E-state index contributed by atoms with van der Waals surface area (Å²) in [7, 11) is 0.193. The highest BCUT2D eigenvalue weighted by Gasteiger charge is 2.36. The second-order valence-corrected chi connectivity index (χ2v) is 9.80. The van der Waals surface area contributed by atoms with Crippen LogP contribution in [-0.2, 0) is 22.2 Å². The number of ether oxygens (including phenoxy) is 2. The van der Waals surface area contributed by atoms with Crippen molar-refractivity contribution in [3.8, 4) is 29.1 Å². The summed E-state index contributed by atoms with van der Waals surface area (Å²) in [4.78, 5) is 2.19. The molecule has 0 radical (unpaired) electrons. The number of hydrogen-bond acceptors (Lipinski definition) is 8. The van der Waals surface area contributed by atoms with Crippen molar-refractivity contribution in [2.75, 3.05) is 34.4 Å². The van der Waals surface area contributed by atoms with Crippen LogP contribution in [0.25, 0.3) is 0 Å². The van der Waals surface area contributed by atoms with Gasteiger partial charge in [-0.15, -0.1) is 0 Å². The molecular formula is C25H34N2O7S. The number of aromatic hydroxyl groups is 1. The highest BCUT2D eigenvalue weighted by molar-refractivity contribution is 7.81. The quantitative estimate of drug-likeness (QED) is 0.388. The summed E-state index contributed by atoms with van der Waals surface area (Å²) < 4.78 is 46.2. The lowest BCUT2D eigenvalue weighted by atomic mass is 9.69. The molecular weight excluding hydrogens is 472 g/mol. The Bertz CT molecular complexity index is 1140. The van der Waals surface area contributed by atoms with Crippen molar-refractivity contribution in [2.24, 2.45) is 5.92 Å². The third-order valence-electron chi connectivity index (χ3n) is 6.20. The molecule has 1 unspecified atom stereocenters. The molecule has 10 heteroatoms. The van der Waals surface area contributed by atoms with Crippen molar-refractivity contribution in [3.63, 3.8) is 0 Å². The molecule has 0 aliphatic carbocycles. The van der Waals surface area contributed by atoms with Crippen LogP contribution in [-0.4, -0.2) is 57.3 Å². The third-order valence-corrected chi connectivity index (χ3v) is 6.59. The molecule has 0 aromatic heterocycles. The molecule has 2 aromatic rings. The number of rotatable bonds is 13. The first-order valence-corrected chi connectivity index (χ1v) is 12.6. The summed E-state index contributed by atoms with van der Waals surface area (Å²) in [5, 5.41) is 20.0. The van der Waals surface area contributed by atoms with Crippen molar-refractivity contribution in [1.29, 1.82) is 5.26 Å². The molecule has 35 heavy (non-hydrogen) atoms. The summed E-state index contributed by atoms with van der Waals surface area (Å²) in [5.74, 6) is 0.492. The minimum absolute atomic E-state index is 0.0275. The van der Waals surface area contributed by atoms with Gasteiger partial charge in [-0.05, 0) is 74.2 Å². The summed E-state index contributed by atoms with van der Waals surface area (Å²) in [5.41, 5.74) is 0.919. The lowest BCUT2D eigenvalue weighted by Crippen LogP contribution is -2.32. The molecule has 2 rings (SSSR count). The number of phenolic OH excluding ortho intramolecular Hbond substituents is 1. The van der Waals surface area contributed by atoms with E-state index in [2.05, 4.69) is 15.2 Å². The SMILES string of the molecule is COc1cc(CCN(C)CCCC(C#N)(c2ccc(OS(=O)(=O)O)c(OC)c2)C(C)C)ccc1O. The van der Waals surface area contributed by atoms with Gasteiger partial charge in [0.05, 0.1) is 25.7 Å². The molecule has 2 aromatic carbocycles. The van der Waals surface area contributed by atoms with Crippen LogP contribution in [0.5, 0.6) is 23.0 Å². The second-order valence-electron chi connectivity index (χ2n) is 8.78. The van der Waals surface area contributed by atoms with Crippen LogP contribution in [0.1, 0.15) is 37.8 Å². The smallest absolute Gasteiger partial charge is 0.446 e. The highest BCUT2D eigenvalue weighted by atomic mass is 32.3. The number of phenols is 1. The fraction of sp³-hybridized carbons (Fsp3) is 0.480. The van der Waals surface area contributed by atoms with E-state index in [1.165, 1.54) is 20.3 Å². The van der Waals surface area contributed by atoms with Crippen LogP contribution >= 0.6 is 0 Å². The Morgan fingerprint density at radius 3 is 2.31 bits per heavy atom. The average Bonchev–Trinajstić information content (AvgIpc) is 2.80. The minimum Gasteiger partial charge on any atom is -0.504 e. The molecule has 0 aliphatic rings. The van der Waals surface area contributed by atoms with E-state index in [0.29, 0.717) is 17.7 Å². The van der Waals surface area contributed by atoms with Crippen LogP contribution in [0.2, 0.25) is 0 Å². The van der Waals surface area contributed by atoms with Crippen LogP contribution in [0.15, 0.2) is 36.4 Å². The van der Waals surface area contributed by atoms with E-state index in [-0.39, 0.29) is 23.2 Å². The Labute approximate surface area is 207 Å². The summed E-state index contributed by atoms with van der Waals surface area (Å²) in [6, 6.07) is 12.4. The maximum absolute atomic E-state index is 11.1. The monoisotopic (exact) mass is 506 g/mol. The van der Waals surface area contributed by atoms with Crippen molar-refractivity contribution < 1.29 is 31.7 Å². The molecule has 1 atom stereocenters. The zero-order chi connectivity index (χ0) is 26.2. The second kappa shape index (κ2) is 12.1. The molecule has 0 spiro atoms. The Kier molecular flexibility index (Phi) is 9.77. The van der Waals surface area contributed by atoms with E-state index in [0.717, 1.165) is 31.5 Å². The lowest BCUT2D eigenvalue weighted by molar-refractivity contribution is 0.293. The molecule has 0 saturated heterocycles. The van der Waals surface area contributed by atoms with Crippen LogP contribution in [0.4, 0.5) is 0 Å². The number of nitrogens with zero attached hydrogens (tertiary/aromatic N) is 2. The van der Waals surface area contributed by atoms with Crippen molar-refractivity contribution in [3.05, 3.63) is 47.5 Å². The molecule has 9 nitrogen and oxygen atoms in total. The Hall–Kier alpha value is -3.00. The van der Waals surface area contributed by atoms with E-state index in [9.17, 15) is 18.8 Å². The normalized spacial score (nSPS) is 13.3. The number of hydrogen-bond donors (Lipinski definition) is 2. The predicted octanol–water partition coefficient (Wildman–Crippen LogP) is 3.96. The van der Waals surface area contributed by atoms with Gasteiger partial charge in [0, 0.05) is 6.54 Å². The van der Waals surface area contributed by atoms with Gasteiger partial charge < -0.3 is 23.7 Å². The van der Waals surface area contributed by atoms with Gasteiger partial charge in [-0.1, -0.05) is 26.0 Å². The van der Waals surface area contributed by atoms with Crippen molar-refractivity contribution in [1.82, 2.24) is 4.90 Å². The Morgan fingerprint density at radius 1 is 1.06 bits per heavy atom. The van der Waals surface area contributed by atoms with Crippen LogP contribution in [0.3, 0.4) is 0 Å². The summed E-state index contributed by atoms with van der Waals surface area (Å²) in [6.45, 7) is 5.51. The summed E-state index contributed by atoms with van der Waals surface area (Å²) >= 11 is 0. The molecule has 0 amide bonds. The maximum Gasteiger partial charge on any atom is 0.446 e. The van der Waals surface area contributed by atoms with Gasteiger partial charge >= 0.3 is 10.4 Å². The van der Waals surface area contributed by atoms with Gasteiger partial charge in [0.15, 0.2) is 23.0 Å². The van der Waals surface area contributed by atoms with Gasteiger partial charge in [0.1, 0.15) is 0 Å². The minimum atomic E-state index is -4.71. The number of methoxy groups -OCH3 is 2. The topological polar surface area (TPSA) is 129 Å². The standard InChI is InChI=1S/C25H34N2O7S/c1-18(2)25(17-26,20-8-10-22(24(16-20)33-5)34-35(29,30)31)12-6-13-27(3)14-11-19-7-9-21(28)23(15-19)32-4/h7-10,15-16,18,28H,6,11-14H2,1-5H3,(H,29,30,31). The molecule has 0 saturated carbocycles. The van der Waals surface area contributed by atoms with Crippen LogP contribution in [0, 0.1) is 17.2 Å². The van der Waals surface area contributed by atoms with Gasteiger partial charge in [-0.25, -0.2) is 0 Å².